The lowest BCUT2D eigenvalue weighted by Crippen LogP contribution is -2.42. The van der Waals surface area contributed by atoms with Crippen LogP contribution in [0, 0.1) is 5.82 Å². The molecule has 2 nitrogen and oxygen atoms in total. The zero-order valence-electron chi connectivity index (χ0n) is 11.0. The van der Waals surface area contributed by atoms with E-state index in [2.05, 4.69) is 0 Å². The Morgan fingerprint density at radius 2 is 1.80 bits per heavy atom. The first-order chi connectivity index (χ1) is 8.94. The molecule has 2 atom stereocenters. The Kier molecular flexibility index (Phi) is 5.21. The number of alkyl halides is 3. The second-order valence-corrected chi connectivity index (χ2v) is 7.52. The fourth-order valence-corrected chi connectivity index (χ4v) is 2.34. The highest BCUT2D eigenvalue weighted by Gasteiger charge is 2.44. The Hall–Kier alpha value is -0.660. The Bertz CT molecular complexity index is 513. The summed E-state index contributed by atoms with van der Waals surface area (Å²) in [6.45, 7) is 4.54. The van der Waals surface area contributed by atoms with E-state index in [1.807, 2.05) is 4.72 Å². The predicted molar refractivity (Wildman–Crippen MR) is 71.2 cm³/mol. The lowest BCUT2D eigenvalue weighted by atomic mass is 10.1. The quantitative estimate of drug-likeness (QED) is 0.829. The topological polar surface area (TPSA) is 29.1 Å². The van der Waals surface area contributed by atoms with E-state index < -0.39 is 44.4 Å². The summed E-state index contributed by atoms with van der Waals surface area (Å²) in [6.07, 6.45) is -4.80. The Labute approximate surface area is 122 Å². The van der Waals surface area contributed by atoms with Crippen molar-refractivity contribution in [2.45, 2.75) is 37.7 Å². The fraction of sp³-hybridized carbons (Fsp3) is 0.500. The maximum atomic E-state index is 13.8. The molecule has 0 aliphatic rings. The summed E-state index contributed by atoms with van der Waals surface area (Å²) in [5.74, 6) is -1.17. The van der Waals surface area contributed by atoms with E-state index in [9.17, 15) is 21.8 Å². The van der Waals surface area contributed by atoms with Gasteiger partial charge in [-0.3, -0.25) is 0 Å². The van der Waals surface area contributed by atoms with Crippen LogP contribution in [0.2, 0.25) is 5.02 Å². The van der Waals surface area contributed by atoms with Crippen molar-refractivity contribution in [3.05, 3.63) is 34.6 Å². The third kappa shape index (κ3) is 4.17. The minimum Gasteiger partial charge on any atom is -0.242 e. The van der Waals surface area contributed by atoms with Gasteiger partial charge in [0, 0.05) is 5.56 Å². The van der Waals surface area contributed by atoms with Crippen LogP contribution < -0.4 is 4.72 Å². The number of hydrogen-bond donors (Lipinski definition) is 1. The first kappa shape index (κ1) is 17.4. The number of hydrogen-bond acceptors (Lipinski definition) is 1. The molecule has 0 heterocycles. The molecule has 0 saturated carbocycles. The summed E-state index contributed by atoms with van der Waals surface area (Å²) in [6, 6.07) is 0.934. The number of halogens is 5. The van der Waals surface area contributed by atoms with Gasteiger partial charge in [0.2, 0.25) is 0 Å². The minimum atomic E-state index is -4.80. The molecule has 0 aliphatic heterocycles. The smallest absolute Gasteiger partial charge is 0.242 e. The van der Waals surface area contributed by atoms with E-state index >= 15 is 0 Å². The number of nitrogens with one attached hydrogen (secondary N) is 1. The molecule has 0 aliphatic carbocycles. The Balaban J connectivity index is 3.22. The van der Waals surface area contributed by atoms with Crippen LogP contribution in [-0.2, 0) is 11.0 Å². The van der Waals surface area contributed by atoms with Crippen molar-refractivity contribution >= 4 is 22.6 Å². The third-order valence-electron chi connectivity index (χ3n) is 2.40. The van der Waals surface area contributed by atoms with Crippen molar-refractivity contribution in [1.29, 1.82) is 0 Å². The van der Waals surface area contributed by atoms with Gasteiger partial charge < -0.3 is 0 Å². The Morgan fingerprint density at radius 1 is 1.25 bits per heavy atom. The SMILES string of the molecule is CC(C)(C)[S@@](=O)N[C@@H](c1cccc(Cl)c1F)C(F)(F)F. The summed E-state index contributed by atoms with van der Waals surface area (Å²) in [5, 5.41) is -0.417. The van der Waals surface area contributed by atoms with Crippen molar-refractivity contribution in [3.8, 4) is 0 Å². The average molecular weight is 332 g/mol. The van der Waals surface area contributed by atoms with Crippen LogP contribution >= 0.6 is 11.6 Å². The van der Waals surface area contributed by atoms with Gasteiger partial charge in [-0.15, -0.1) is 0 Å². The van der Waals surface area contributed by atoms with Gasteiger partial charge in [-0.2, -0.15) is 13.2 Å². The van der Waals surface area contributed by atoms with Gasteiger partial charge in [0.1, 0.15) is 11.9 Å². The molecule has 20 heavy (non-hydrogen) atoms. The van der Waals surface area contributed by atoms with Crippen LogP contribution in [-0.4, -0.2) is 15.1 Å². The minimum absolute atomic E-state index is 0.417. The largest absolute Gasteiger partial charge is 0.408 e. The average Bonchev–Trinajstić information content (AvgIpc) is 2.27. The monoisotopic (exact) mass is 331 g/mol. The maximum Gasteiger partial charge on any atom is 0.408 e. The number of benzene rings is 1. The normalized spacial score (nSPS) is 16.0. The van der Waals surface area contributed by atoms with Crippen LogP contribution in [0.5, 0.6) is 0 Å². The van der Waals surface area contributed by atoms with Crippen LogP contribution in [0.25, 0.3) is 0 Å². The van der Waals surface area contributed by atoms with Crippen molar-refractivity contribution in [3.63, 3.8) is 0 Å². The van der Waals surface area contributed by atoms with Crippen LogP contribution in [0.15, 0.2) is 18.2 Å². The zero-order chi connectivity index (χ0) is 15.7. The van der Waals surface area contributed by atoms with Crippen molar-refractivity contribution in [1.82, 2.24) is 4.72 Å². The molecule has 0 fully saturated rings. The molecule has 1 rings (SSSR count). The molecule has 0 radical (unpaired) electrons. The molecule has 1 aromatic carbocycles. The summed E-state index contributed by atoms with van der Waals surface area (Å²) in [4.78, 5) is 0. The molecular formula is C12H14ClF4NOS. The molecule has 8 heteroatoms. The van der Waals surface area contributed by atoms with Crippen LogP contribution in [0.3, 0.4) is 0 Å². The van der Waals surface area contributed by atoms with Gasteiger partial charge in [0.15, 0.2) is 0 Å². The summed E-state index contributed by atoms with van der Waals surface area (Å²) >= 11 is 5.49. The van der Waals surface area contributed by atoms with E-state index in [1.54, 1.807) is 0 Å². The standard InChI is InChI=1S/C12H14ClF4NOS/c1-11(2,3)20(19)18-10(12(15,16)17)7-5-4-6-8(13)9(7)14/h4-6,10,18H,1-3H3/t10-,20+/m0/s1. The van der Waals surface area contributed by atoms with Gasteiger partial charge in [-0.1, -0.05) is 23.7 Å². The van der Waals surface area contributed by atoms with E-state index in [4.69, 9.17) is 11.6 Å². The van der Waals surface area contributed by atoms with E-state index in [-0.39, 0.29) is 0 Å². The lowest BCUT2D eigenvalue weighted by molar-refractivity contribution is -0.153. The lowest BCUT2D eigenvalue weighted by Gasteiger charge is -2.26. The zero-order valence-corrected chi connectivity index (χ0v) is 12.6. The highest BCUT2D eigenvalue weighted by molar-refractivity contribution is 7.84. The van der Waals surface area contributed by atoms with Crippen LogP contribution in [0.4, 0.5) is 17.6 Å². The fourth-order valence-electron chi connectivity index (χ4n) is 1.33. The van der Waals surface area contributed by atoms with Crippen molar-refractivity contribution in [2.75, 3.05) is 0 Å². The van der Waals surface area contributed by atoms with Crippen molar-refractivity contribution in [2.24, 2.45) is 0 Å². The number of rotatable bonds is 3. The molecule has 0 unspecified atom stereocenters. The molecule has 0 saturated heterocycles. The van der Waals surface area contributed by atoms with E-state index in [0.29, 0.717) is 0 Å². The van der Waals surface area contributed by atoms with E-state index in [1.165, 1.54) is 26.8 Å². The highest BCUT2D eigenvalue weighted by atomic mass is 35.5. The first-order valence-electron chi connectivity index (χ1n) is 5.63. The molecule has 0 aromatic heterocycles. The summed E-state index contributed by atoms with van der Waals surface area (Å²) in [7, 11) is -2.01. The maximum absolute atomic E-state index is 13.8. The predicted octanol–water partition coefficient (Wildman–Crippen LogP) is 4.13. The first-order valence-corrected chi connectivity index (χ1v) is 7.16. The molecule has 0 spiro atoms. The van der Waals surface area contributed by atoms with Gasteiger partial charge in [0.05, 0.1) is 20.8 Å². The second-order valence-electron chi connectivity index (χ2n) is 5.12. The molecule has 0 amide bonds. The summed E-state index contributed by atoms with van der Waals surface area (Å²) in [5.41, 5.74) is -0.678. The van der Waals surface area contributed by atoms with Gasteiger partial charge in [-0.25, -0.2) is 13.3 Å². The molecule has 1 N–H and O–H groups in total. The van der Waals surface area contributed by atoms with Gasteiger partial charge in [-0.05, 0) is 26.8 Å². The highest BCUT2D eigenvalue weighted by Crippen LogP contribution is 2.36. The van der Waals surface area contributed by atoms with Gasteiger partial charge in [0.25, 0.3) is 0 Å². The summed E-state index contributed by atoms with van der Waals surface area (Å²) < 4.78 is 65.8. The molecular weight excluding hydrogens is 318 g/mol. The van der Waals surface area contributed by atoms with Gasteiger partial charge >= 0.3 is 6.18 Å². The van der Waals surface area contributed by atoms with Crippen LogP contribution in [0.1, 0.15) is 32.4 Å². The van der Waals surface area contributed by atoms with E-state index in [0.717, 1.165) is 12.1 Å². The second kappa shape index (κ2) is 5.99. The third-order valence-corrected chi connectivity index (χ3v) is 4.25. The van der Waals surface area contributed by atoms with Crippen molar-refractivity contribution < 1.29 is 21.8 Å². The molecule has 114 valence electrons. The Morgan fingerprint density at radius 3 is 2.25 bits per heavy atom. The molecule has 0 bridgehead atoms. The molecule has 1 aromatic rings.